The third-order valence-corrected chi connectivity index (χ3v) is 4.11. The van der Waals surface area contributed by atoms with Crippen LogP contribution in [0.2, 0.25) is 0 Å². The molecule has 3 aromatic rings. The van der Waals surface area contributed by atoms with Crippen molar-refractivity contribution >= 4 is 17.5 Å². The SMILES string of the molecule is CCc1ccccc1NC(=O)CN(C)C(=O)c1cccc(-n2cnnn2)c1. The maximum absolute atomic E-state index is 12.7. The van der Waals surface area contributed by atoms with E-state index in [-0.39, 0.29) is 18.4 Å². The highest BCUT2D eigenvalue weighted by molar-refractivity contribution is 5.99. The van der Waals surface area contributed by atoms with Gasteiger partial charge in [0.25, 0.3) is 5.91 Å². The summed E-state index contributed by atoms with van der Waals surface area (Å²) < 4.78 is 1.46. The average molecular weight is 364 g/mol. The van der Waals surface area contributed by atoms with Gasteiger partial charge in [-0.1, -0.05) is 31.2 Å². The largest absolute Gasteiger partial charge is 0.332 e. The molecule has 0 fully saturated rings. The summed E-state index contributed by atoms with van der Waals surface area (Å²) in [5, 5.41) is 13.9. The number of aromatic nitrogens is 4. The summed E-state index contributed by atoms with van der Waals surface area (Å²) >= 11 is 0. The maximum atomic E-state index is 12.7. The van der Waals surface area contributed by atoms with Gasteiger partial charge in [0.05, 0.1) is 12.2 Å². The summed E-state index contributed by atoms with van der Waals surface area (Å²) in [4.78, 5) is 26.4. The normalized spacial score (nSPS) is 10.4. The molecule has 0 aliphatic heterocycles. The molecule has 0 unspecified atom stereocenters. The number of rotatable bonds is 6. The molecule has 0 radical (unpaired) electrons. The fraction of sp³-hybridized carbons (Fsp3) is 0.211. The average Bonchev–Trinajstić information content (AvgIpc) is 3.22. The van der Waals surface area contributed by atoms with Crippen LogP contribution in [0.3, 0.4) is 0 Å². The summed E-state index contributed by atoms with van der Waals surface area (Å²) in [5.74, 6) is -0.507. The first-order valence-electron chi connectivity index (χ1n) is 8.55. The van der Waals surface area contributed by atoms with Crippen LogP contribution < -0.4 is 5.32 Å². The predicted octanol–water partition coefficient (Wildman–Crippen LogP) is 1.94. The number of para-hydroxylation sites is 1. The Balaban J connectivity index is 1.67. The third-order valence-electron chi connectivity index (χ3n) is 4.11. The Morgan fingerprint density at radius 1 is 1.15 bits per heavy atom. The van der Waals surface area contributed by atoms with Crippen molar-refractivity contribution in [1.82, 2.24) is 25.1 Å². The molecule has 3 rings (SSSR count). The Bertz CT molecular complexity index is 939. The summed E-state index contributed by atoms with van der Waals surface area (Å²) in [7, 11) is 1.59. The minimum atomic E-state index is -0.260. The predicted molar refractivity (Wildman–Crippen MR) is 101 cm³/mol. The molecule has 2 aromatic carbocycles. The van der Waals surface area contributed by atoms with E-state index in [1.165, 1.54) is 15.9 Å². The molecule has 1 heterocycles. The number of nitrogens with zero attached hydrogens (tertiary/aromatic N) is 5. The molecule has 8 heteroatoms. The highest BCUT2D eigenvalue weighted by Crippen LogP contribution is 2.15. The van der Waals surface area contributed by atoms with Gasteiger partial charge in [-0.15, -0.1) is 5.10 Å². The van der Waals surface area contributed by atoms with Gasteiger partial charge in [-0.3, -0.25) is 9.59 Å². The Morgan fingerprint density at radius 3 is 2.70 bits per heavy atom. The van der Waals surface area contributed by atoms with Crippen LogP contribution in [-0.2, 0) is 11.2 Å². The standard InChI is InChI=1S/C19H20N6O2/c1-3-14-7-4-5-10-17(14)21-18(26)12-24(2)19(27)15-8-6-9-16(11-15)25-13-20-22-23-25/h4-11,13H,3,12H2,1-2H3,(H,21,26). The Hall–Kier alpha value is -3.55. The van der Waals surface area contributed by atoms with Gasteiger partial charge in [0.2, 0.25) is 5.91 Å². The summed E-state index contributed by atoms with van der Waals surface area (Å²) in [6, 6.07) is 14.5. The molecule has 2 amide bonds. The van der Waals surface area contributed by atoms with Crippen molar-refractivity contribution in [2.24, 2.45) is 0 Å². The van der Waals surface area contributed by atoms with Crippen molar-refractivity contribution < 1.29 is 9.59 Å². The molecule has 0 saturated carbocycles. The van der Waals surface area contributed by atoms with E-state index in [4.69, 9.17) is 0 Å². The number of carbonyl (C=O) groups is 2. The number of anilines is 1. The summed E-state index contributed by atoms with van der Waals surface area (Å²) in [6.07, 6.45) is 2.26. The van der Waals surface area contributed by atoms with E-state index < -0.39 is 0 Å². The van der Waals surface area contributed by atoms with Crippen molar-refractivity contribution in [3.8, 4) is 5.69 Å². The van der Waals surface area contributed by atoms with Crippen LogP contribution in [0.15, 0.2) is 54.9 Å². The number of nitrogens with one attached hydrogen (secondary N) is 1. The highest BCUT2D eigenvalue weighted by Gasteiger charge is 2.16. The molecule has 0 aliphatic carbocycles. The Kier molecular flexibility index (Phi) is 5.55. The second kappa shape index (κ2) is 8.22. The second-order valence-corrected chi connectivity index (χ2v) is 6.02. The van der Waals surface area contributed by atoms with Crippen LogP contribution in [0, 0.1) is 0 Å². The van der Waals surface area contributed by atoms with E-state index in [0.717, 1.165) is 17.7 Å². The molecule has 0 bridgehead atoms. The number of benzene rings is 2. The Morgan fingerprint density at radius 2 is 1.96 bits per heavy atom. The molecule has 0 spiro atoms. The van der Waals surface area contributed by atoms with Gasteiger partial charge < -0.3 is 10.2 Å². The first-order valence-corrected chi connectivity index (χ1v) is 8.55. The molecular formula is C19H20N6O2. The lowest BCUT2D eigenvalue weighted by Crippen LogP contribution is -2.35. The Labute approximate surface area is 156 Å². The molecule has 1 aromatic heterocycles. The molecule has 0 aliphatic rings. The number of tetrazole rings is 1. The molecule has 8 nitrogen and oxygen atoms in total. The molecule has 0 atom stereocenters. The van der Waals surface area contributed by atoms with E-state index >= 15 is 0 Å². The quantitative estimate of drug-likeness (QED) is 0.721. The number of amides is 2. The van der Waals surface area contributed by atoms with Gasteiger partial charge in [-0.25, -0.2) is 4.68 Å². The number of hydrogen-bond donors (Lipinski definition) is 1. The molecule has 138 valence electrons. The van der Waals surface area contributed by atoms with Gasteiger partial charge in [-0.05, 0) is 46.7 Å². The first kappa shape index (κ1) is 18.2. The third kappa shape index (κ3) is 4.35. The van der Waals surface area contributed by atoms with E-state index in [1.807, 2.05) is 31.2 Å². The highest BCUT2D eigenvalue weighted by atomic mass is 16.2. The zero-order valence-electron chi connectivity index (χ0n) is 15.2. The second-order valence-electron chi connectivity index (χ2n) is 6.02. The lowest BCUT2D eigenvalue weighted by Gasteiger charge is -2.18. The van der Waals surface area contributed by atoms with E-state index in [2.05, 4.69) is 20.8 Å². The monoisotopic (exact) mass is 364 g/mol. The van der Waals surface area contributed by atoms with Crippen LogP contribution in [0.1, 0.15) is 22.8 Å². The number of hydrogen-bond acceptors (Lipinski definition) is 5. The molecule has 1 N–H and O–H groups in total. The van der Waals surface area contributed by atoms with Crippen LogP contribution in [0.5, 0.6) is 0 Å². The van der Waals surface area contributed by atoms with Crippen LogP contribution >= 0.6 is 0 Å². The van der Waals surface area contributed by atoms with Crippen LogP contribution in [0.4, 0.5) is 5.69 Å². The van der Waals surface area contributed by atoms with Gasteiger partial charge in [0.15, 0.2) is 0 Å². The number of likely N-dealkylation sites (N-methyl/N-ethyl adjacent to an activating group) is 1. The molecular weight excluding hydrogens is 344 g/mol. The van der Waals surface area contributed by atoms with Crippen molar-refractivity contribution in [1.29, 1.82) is 0 Å². The number of carbonyl (C=O) groups excluding carboxylic acids is 2. The lowest BCUT2D eigenvalue weighted by atomic mass is 10.1. The van der Waals surface area contributed by atoms with Crippen molar-refractivity contribution in [2.45, 2.75) is 13.3 Å². The fourth-order valence-corrected chi connectivity index (χ4v) is 2.71. The first-order chi connectivity index (χ1) is 13.1. The van der Waals surface area contributed by atoms with E-state index in [9.17, 15) is 9.59 Å². The zero-order valence-corrected chi connectivity index (χ0v) is 15.2. The summed E-state index contributed by atoms with van der Waals surface area (Å²) in [5.41, 5.74) is 2.94. The van der Waals surface area contributed by atoms with Gasteiger partial charge >= 0.3 is 0 Å². The molecule has 27 heavy (non-hydrogen) atoms. The smallest absolute Gasteiger partial charge is 0.254 e. The zero-order chi connectivity index (χ0) is 19.2. The lowest BCUT2D eigenvalue weighted by molar-refractivity contribution is -0.116. The van der Waals surface area contributed by atoms with Crippen molar-refractivity contribution in [3.63, 3.8) is 0 Å². The van der Waals surface area contributed by atoms with Crippen molar-refractivity contribution in [3.05, 3.63) is 66.0 Å². The van der Waals surface area contributed by atoms with Crippen LogP contribution in [0.25, 0.3) is 5.69 Å². The molecule has 0 saturated heterocycles. The van der Waals surface area contributed by atoms with Gasteiger partial charge in [0, 0.05) is 18.3 Å². The minimum Gasteiger partial charge on any atom is -0.332 e. The van der Waals surface area contributed by atoms with E-state index in [1.54, 1.807) is 31.3 Å². The topological polar surface area (TPSA) is 93.0 Å². The van der Waals surface area contributed by atoms with Gasteiger partial charge in [0.1, 0.15) is 6.33 Å². The fourth-order valence-electron chi connectivity index (χ4n) is 2.71. The maximum Gasteiger partial charge on any atom is 0.254 e. The van der Waals surface area contributed by atoms with Crippen LogP contribution in [-0.4, -0.2) is 50.5 Å². The summed E-state index contributed by atoms with van der Waals surface area (Å²) in [6.45, 7) is 1.98. The van der Waals surface area contributed by atoms with Crippen molar-refractivity contribution in [2.75, 3.05) is 18.9 Å². The van der Waals surface area contributed by atoms with E-state index in [0.29, 0.717) is 11.3 Å². The number of aryl methyl sites for hydroxylation is 1. The minimum absolute atomic E-state index is 0.0496. The van der Waals surface area contributed by atoms with Gasteiger partial charge in [-0.2, -0.15) is 0 Å².